The van der Waals surface area contributed by atoms with E-state index in [0.29, 0.717) is 24.0 Å². The highest BCUT2D eigenvalue weighted by atomic mass is 35.5. The maximum atomic E-state index is 11.6. The molecule has 1 aliphatic rings. The Morgan fingerprint density at radius 3 is 2.83 bits per heavy atom. The van der Waals surface area contributed by atoms with E-state index in [-0.39, 0.29) is 5.97 Å². The average molecular weight is 268 g/mol. The van der Waals surface area contributed by atoms with Gasteiger partial charge < -0.3 is 10.1 Å². The summed E-state index contributed by atoms with van der Waals surface area (Å²) in [6.45, 7) is 2.44. The zero-order valence-electron chi connectivity index (χ0n) is 10.3. The van der Waals surface area contributed by atoms with Crippen LogP contribution >= 0.6 is 11.6 Å². The second-order valence-corrected chi connectivity index (χ2v) is 5.12. The molecule has 18 heavy (non-hydrogen) atoms. The van der Waals surface area contributed by atoms with E-state index < -0.39 is 0 Å². The normalized spacial score (nSPS) is 18.8. The average Bonchev–Trinajstić information content (AvgIpc) is 2.89. The second-order valence-electron chi connectivity index (χ2n) is 4.68. The smallest absolute Gasteiger partial charge is 0.306 e. The molecular formula is C14H18ClNO2. The first-order valence-electron chi connectivity index (χ1n) is 6.35. The minimum Gasteiger partial charge on any atom is -0.461 e. The second kappa shape index (κ2) is 6.76. The zero-order valence-corrected chi connectivity index (χ0v) is 11.1. The fourth-order valence-corrected chi connectivity index (χ4v) is 2.23. The van der Waals surface area contributed by atoms with Gasteiger partial charge in [0.15, 0.2) is 0 Å². The van der Waals surface area contributed by atoms with Gasteiger partial charge in [-0.25, -0.2) is 0 Å². The van der Waals surface area contributed by atoms with Crippen LogP contribution in [0.3, 0.4) is 0 Å². The third-order valence-corrected chi connectivity index (χ3v) is 3.48. The van der Waals surface area contributed by atoms with E-state index in [1.54, 1.807) is 12.1 Å². The van der Waals surface area contributed by atoms with Crippen LogP contribution in [0.5, 0.6) is 0 Å². The van der Waals surface area contributed by atoms with E-state index in [2.05, 4.69) is 5.32 Å². The van der Waals surface area contributed by atoms with Crippen molar-refractivity contribution in [2.45, 2.75) is 25.9 Å². The topological polar surface area (TPSA) is 38.3 Å². The number of hydrogen-bond donors (Lipinski definition) is 1. The first-order chi connectivity index (χ1) is 8.74. The van der Waals surface area contributed by atoms with Crippen LogP contribution in [-0.4, -0.2) is 19.1 Å². The summed E-state index contributed by atoms with van der Waals surface area (Å²) >= 11 is 5.78. The van der Waals surface area contributed by atoms with Crippen LogP contribution in [0.25, 0.3) is 0 Å². The monoisotopic (exact) mass is 267 g/mol. The van der Waals surface area contributed by atoms with Crippen molar-refractivity contribution >= 4 is 17.6 Å². The molecule has 1 aromatic carbocycles. The van der Waals surface area contributed by atoms with Gasteiger partial charge in [-0.05, 0) is 49.5 Å². The number of hydrogen-bond acceptors (Lipinski definition) is 3. The molecule has 0 saturated carbocycles. The molecule has 1 saturated heterocycles. The lowest BCUT2D eigenvalue weighted by molar-refractivity contribution is -0.145. The van der Waals surface area contributed by atoms with Gasteiger partial charge in [0.05, 0.1) is 0 Å². The summed E-state index contributed by atoms with van der Waals surface area (Å²) in [6, 6.07) is 7.34. The van der Waals surface area contributed by atoms with E-state index in [0.717, 1.165) is 25.1 Å². The van der Waals surface area contributed by atoms with Gasteiger partial charge in [0.2, 0.25) is 0 Å². The third-order valence-electron chi connectivity index (χ3n) is 3.23. The largest absolute Gasteiger partial charge is 0.461 e. The molecule has 1 heterocycles. The quantitative estimate of drug-likeness (QED) is 0.834. The molecule has 0 amide bonds. The lowest BCUT2D eigenvalue weighted by Gasteiger charge is -2.08. The van der Waals surface area contributed by atoms with Gasteiger partial charge in [-0.3, -0.25) is 4.79 Å². The van der Waals surface area contributed by atoms with Crippen LogP contribution in [0, 0.1) is 5.92 Å². The summed E-state index contributed by atoms with van der Waals surface area (Å²) in [5.74, 6) is 0.518. The SMILES string of the molecule is O=C(CCC1CCNC1)OCc1ccc(Cl)cc1. The molecule has 0 bridgehead atoms. The molecule has 4 heteroatoms. The molecule has 1 fully saturated rings. The van der Waals surface area contributed by atoms with Crippen molar-refractivity contribution in [1.82, 2.24) is 5.32 Å². The van der Waals surface area contributed by atoms with Crippen LogP contribution in [0.15, 0.2) is 24.3 Å². The number of rotatable bonds is 5. The standard InChI is InChI=1S/C14H18ClNO2/c15-13-4-1-12(2-5-13)10-18-14(17)6-3-11-7-8-16-9-11/h1-2,4-5,11,16H,3,6-10H2. The number of esters is 1. The Bertz CT molecular complexity index is 385. The van der Waals surface area contributed by atoms with Gasteiger partial charge in [-0.1, -0.05) is 23.7 Å². The number of carbonyl (C=O) groups excluding carboxylic acids is 1. The van der Waals surface area contributed by atoms with Crippen molar-refractivity contribution in [2.75, 3.05) is 13.1 Å². The molecule has 1 atom stereocenters. The van der Waals surface area contributed by atoms with Gasteiger partial charge in [0.1, 0.15) is 6.61 Å². The van der Waals surface area contributed by atoms with Gasteiger partial charge in [0.25, 0.3) is 0 Å². The summed E-state index contributed by atoms with van der Waals surface area (Å²) in [5, 5.41) is 3.99. The molecule has 0 aromatic heterocycles. The lowest BCUT2D eigenvalue weighted by atomic mass is 10.0. The van der Waals surface area contributed by atoms with Gasteiger partial charge >= 0.3 is 5.97 Å². The number of carbonyl (C=O) groups is 1. The van der Waals surface area contributed by atoms with Crippen molar-refractivity contribution in [3.05, 3.63) is 34.9 Å². The minimum atomic E-state index is -0.114. The molecule has 98 valence electrons. The number of nitrogens with one attached hydrogen (secondary N) is 1. The Labute approximate surface area is 112 Å². The Morgan fingerprint density at radius 2 is 2.17 bits per heavy atom. The molecule has 1 unspecified atom stereocenters. The van der Waals surface area contributed by atoms with E-state index >= 15 is 0 Å². The number of halogens is 1. The summed E-state index contributed by atoms with van der Waals surface area (Å²) in [5.41, 5.74) is 0.968. The van der Waals surface area contributed by atoms with Crippen molar-refractivity contribution in [3.63, 3.8) is 0 Å². The Morgan fingerprint density at radius 1 is 1.39 bits per heavy atom. The molecule has 1 aliphatic heterocycles. The van der Waals surface area contributed by atoms with Crippen molar-refractivity contribution in [1.29, 1.82) is 0 Å². The van der Waals surface area contributed by atoms with E-state index in [1.165, 1.54) is 6.42 Å². The molecule has 3 nitrogen and oxygen atoms in total. The Kier molecular flexibility index (Phi) is 5.02. The summed E-state index contributed by atoms with van der Waals surface area (Å²) in [7, 11) is 0. The molecule has 1 N–H and O–H groups in total. The van der Waals surface area contributed by atoms with Crippen LogP contribution in [0.1, 0.15) is 24.8 Å². The van der Waals surface area contributed by atoms with Crippen LogP contribution < -0.4 is 5.32 Å². The van der Waals surface area contributed by atoms with Crippen LogP contribution in [-0.2, 0) is 16.1 Å². The first-order valence-corrected chi connectivity index (χ1v) is 6.72. The van der Waals surface area contributed by atoms with E-state index in [4.69, 9.17) is 16.3 Å². The summed E-state index contributed by atoms with van der Waals surface area (Å²) in [6.07, 6.45) is 2.61. The maximum absolute atomic E-state index is 11.6. The number of ether oxygens (including phenoxy) is 1. The van der Waals surface area contributed by atoms with Gasteiger partial charge in [-0.15, -0.1) is 0 Å². The minimum absolute atomic E-state index is 0.114. The molecule has 0 aliphatic carbocycles. The highest BCUT2D eigenvalue weighted by molar-refractivity contribution is 6.30. The summed E-state index contributed by atoms with van der Waals surface area (Å²) in [4.78, 5) is 11.6. The molecule has 0 radical (unpaired) electrons. The highest BCUT2D eigenvalue weighted by Gasteiger charge is 2.16. The van der Waals surface area contributed by atoms with E-state index in [9.17, 15) is 4.79 Å². The first kappa shape index (κ1) is 13.4. The third kappa shape index (κ3) is 4.31. The maximum Gasteiger partial charge on any atom is 0.306 e. The molecule has 0 spiro atoms. The molecule has 1 aromatic rings. The zero-order chi connectivity index (χ0) is 12.8. The fraction of sp³-hybridized carbons (Fsp3) is 0.500. The van der Waals surface area contributed by atoms with Gasteiger partial charge in [-0.2, -0.15) is 0 Å². The molecule has 2 rings (SSSR count). The van der Waals surface area contributed by atoms with E-state index in [1.807, 2.05) is 12.1 Å². The Hall–Kier alpha value is -1.06. The van der Waals surface area contributed by atoms with Crippen LogP contribution in [0.2, 0.25) is 5.02 Å². The number of benzene rings is 1. The molecular weight excluding hydrogens is 250 g/mol. The highest BCUT2D eigenvalue weighted by Crippen LogP contribution is 2.15. The van der Waals surface area contributed by atoms with Crippen LogP contribution in [0.4, 0.5) is 0 Å². The lowest BCUT2D eigenvalue weighted by Crippen LogP contribution is -2.11. The van der Waals surface area contributed by atoms with Crippen molar-refractivity contribution in [3.8, 4) is 0 Å². The Balaban J connectivity index is 1.66. The summed E-state index contributed by atoms with van der Waals surface area (Å²) < 4.78 is 5.23. The predicted octanol–water partition coefficient (Wildman–Crippen LogP) is 2.77. The van der Waals surface area contributed by atoms with Crippen molar-refractivity contribution in [2.24, 2.45) is 5.92 Å². The van der Waals surface area contributed by atoms with Gasteiger partial charge in [0, 0.05) is 11.4 Å². The fourth-order valence-electron chi connectivity index (χ4n) is 2.10. The predicted molar refractivity (Wildman–Crippen MR) is 71.5 cm³/mol. The van der Waals surface area contributed by atoms with Crippen molar-refractivity contribution < 1.29 is 9.53 Å².